The van der Waals surface area contributed by atoms with Gasteiger partial charge < -0.3 is 4.74 Å². The lowest BCUT2D eigenvalue weighted by Gasteiger charge is -2.14. The molecule has 0 saturated carbocycles. The molecule has 5 rings (SSSR count). The van der Waals surface area contributed by atoms with Crippen molar-refractivity contribution in [3.63, 3.8) is 0 Å². The summed E-state index contributed by atoms with van der Waals surface area (Å²) in [6.45, 7) is 2.47. The molecule has 1 aliphatic rings. The minimum absolute atomic E-state index is 0.114. The fraction of sp³-hybridized carbons (Fsp3) is 0.107. The number of aromatic nitrogens is 2. The van der Waals surface area contributed by atoms with Crippen LogP contribution in [0.2, 0.25) is 5.02 Å². The summed E-state index contributed by atoms with van der Waals surface area (Å²) < 4.78 is 7.64. The van der Waals surface area contributed by atoms with Crippen molar-refractivity contribution in [1.82, 2.24) is 14.7 Å². The number of carbonyl (C=O) groups excluding carboxylic acids is 1. The molecule has 1 aromatic heterocycles. The lowest BCUT2D eigenvalue weighted by Crippen LogP contribution is -2.27. The van der Waals surface area contributed by atoms with Gasteiger partial charge in [-0.15, -0.1) is 0 Å². The summed E-state index contributed by atoms with van der Waals surface area (Å²) >= 11 is 13.3. The number of hydrogen-bond acceptors (Lipinski definition) is 5. The van der Waals surface area contributed by atoms with Crippen LogP contribution in [0.1, 0.15) is 16.7 Å². The van der Waals surface area contributed by atoms with E-state index < -0.39 is 0 Å². The normalized spacial score (nSPS) is 14.6. The third-order valence-corrected chi connectivity index (χ3v) is 7.48. The van der Waals surface area contributed by atoms with Crippen molar-refractivity contribution in [2.24, 2.45) is 0 Å². The van der Waals surface area contributed by atoms with E-state index in [1.807, 2.05) is 92.0 Å². The Hall–Kier alpha value is -3.39. The molecule has 0 unspecified atom stereocenters. The van der Waals surface area contributed by atoms with Crippen molar-refractivity contribution in [2.45, 2.75) is 13.5 Å². The summed E-state index contributed by atoms with van der Waals surface area (Å²) in [7, 11) is 1.58. The van der Waals surface area contributed by atoms with E-state index in [-0.39, 0.29) is 5.91 Å². The van der Waals surface area contributed by atoms with E-state index in [1.165, 1.54) is 17.3 Å². The molecule has 180 valence electrons. The number of halogens is 1. The maximum absolute atomic E-state index is 13.3. The molecule has 1 aliphatic heterocycles. The largest absolute Gasteiger partial charge is 0.495 e. The molecule has 1 saturated heterocycles. The molecule has 8 heteroatoms. The predicted octanol–water partition coefficient (Wildman–Crippen LogP) is 6.91. The first kappa shape index (κ1) is 24.3. The van der Waals surface area contributed by atoms with Gasteiger partial charge in [-0.25, -0.2) is 4.68 Å². The minimum atomic E-state index is -0.114. The third-order valence-electron chi connectivity index (χ3n) is 5.81. The van der Waals surface area contributed by atoms with Crippen LogP contribution in [-0.2, 0) is 11.3 Å². The molecule has 36 heavy (non-hydrogen) atoms. The second-order valence-corrected chi connectivity index (χ2v) is 10.4. The van der Waals surface area contributed by atoms with E-state index >= 15 is 0 Å². The summed E-state index contributed by atoms with van der Waals surface area (Å²) in [6, 6.07) is 23.5. The number of ether oxygens (including phenoxy) is 1. The van der Waals surface area contributed by atoms with Crippen LogP contribution in [0.15, 0.2) is 83.9 Å². The Bertz CT molecular complexity index is 1480. The van der Waals surface area contributed by atoms with Crippen LogP contribution in [-0.4, -0.2) is 32.0 Å². The Balaban J connectivity index is 1.53. The molecule has 0 atom stereocenters. The van der Waals surface area contributed by atoms with Crippen LogP contribution in [0.5, 0.6) is 5.75 Å². The zero-order valence-corrected chi connectivity index (χ0v) is 22.0. The molecule has 1 fully saturated rings. The molecule has 3 aromatic carbocycles. The number of nitrogens with zero attached hydrogens (tertiary/aromatic N) is 3. The van der Waals surface area contributed by atoms with Gasteiger partial charge in [0.1, 0.15) is 15.8 Å². The second-order valence-electron chi connectivity index (χ2n) is 8.32. The van der Waals surface area contributed by atoms with Crippen molar-refractivity contribution in [1.29, 1.82) is 0 Å². The standard InChI is InChI=1S/C28H22ClN3O2S2/c1-18-8-10-19(11-9-18)16-31-27(33)25(36-28(31)35)15-21-17-32(22-6-4-3-5-7-22)30-26(21)20-12-13-24(34-2)23(29)14-20/h3-15,17H,16H2,1-2H3/b25-15+. The number of thioether (sulfide) groups is 1. The molecule has 1 amide bonds. The van der Waals surface area contributed by atoms with Crippen LogP contribution in [0.25, 0.3) is 23.0 Å². The lowest BCUT2D eigenvalue weighted by atomic mass is 10.1. The van der Waals surface area contributed by atoms with Gasteiger partial charge in [0.2, 0.25) is 0 Å². The molecule has 5 nitrogen and oxygen atoms in total. The first-order valence-electron chi connectivity index (χ1n) is 11.2. The quantitative estimate of drug-likeness (QED) is 0.200. The smallest absolute Gasteiger partial charge is 0.266 e. The van der Waals surface area contributed by atoms with E-state index in [2.05, 4.69) is 0 Å². The molecule has 0 spiro atoms. The number of methoxy groups -OCH3 is 1. The average molecular weight is 532 g/mol. The summed E-state index contributed by atoms with van der Waals surface area (Å²) in [5, 5.41) is 5.32. The second kappa shape index (κ2) is 10.3. The number of aryl methyl sites for hydroxylation is 1. The van der Waals surface area contributed by atoms with Crippen molar-refractivity contribution < 1.29 is 9.53 Å². The zero-order valence-electron chi connectivity index (χ0n) is 19.6. The Morgan fingerprint density at radius 2 is 1.83 bits per heavy atom. The minimum Gasteiger partial charge on any atom is -0.495 e. The van der Waals surface area contributed by atoms with E-state index in [9.17, 15) is 4.79 Å². The van der Waals surface area contributed by atoms with Crippen molar-refractivity contribution in [2.75, 3.05) is 7.11 Å². The number of thiocarbonyl (C=S) groups is 1. The first-order valence-corrected chi connectivity index (χ1v) is 12.8. The molecule has 0 N–H and O–H groups in total. The Labute approximate surface area is 224 Å². The van der Waals surface area contributed by atoms with Crippen LogP contribution in [0.3, 0.4) is 0 Å². The van der Waals surface area contributed by atoms with Gasteiger partial charge in [0, 0.05) is 17.3 Å². The summed E-state index contributed by atoms with van der Waals surface area (Å²) in [4.78, 5) is 15.5. The average Bonchev–Trinajstić information content (AvgIpc) is 3.42. The van der Waals surface area contributed by atoms with Crippen LogP contribution < -0.4 is 4.74 Å². The van der Waals surface area contributed by atoms with Gasteiger partial charge in [0.15, 0.2) is 0 Å². The SMILES string of the molecule is COc1ccc(-c2nn(-c3ccccc3)cc2/C=C2/SC(=S)N(Cc3ccc(C)cc3)C2=O)cc1Cl. The van der Waals surface area contributed by atoms with E-state index in [4.69, 9.17) is 33.7 Å². The number of rotatable bonds is 6. The fourth-order valence-corrected chi connectivity index (χ4v) is 5.40. The maximum atomic E-state index is 13.3. The Morgan fingerprint density at radius 3 is 2.53 bits per heavy atom. The summed E-state index contributed by atoms with van der Waals surface area (Å²) in [6.07, 6.45) is 3.77. The zero-order chi connectivity index (χ0) is 25.2. The van der Waals surface area contributed by atoms with Gasteiger partial charge >= 0.3 is 0 Å². The van der Waals surface area contributed by atoms with Gasteiger partial charge in [-0.1, -0.05) is 83.6 Å². The van der Waals surface area contributed by atoms with E-state index in [0.717, 1.165) is 22.4 Å². The summed E-state index contributed by atoms with van der Waals surface area (Å²) in [5.74, 6) is 0.471. The fourth-order valence-electron chi connectivity index (χ4n) is 3.90. The molecule has 0 radical (unpaired) electrons. The molecular formula is C28H22ClN3O2S2. The number of hydrogen-bond donors (Lipinski definition) is 0. The molecule has 0 aliphatic carbocycles. The number of amides is 1. The van der Waals surface area contributed by atoms with Crippen molar-refractivity contribution >= 4 is 51.9 Å². The van der Waals surface area contributed by atoms with Gasteiger partial charge in [0.05, 0.1) is 29.3 Å². The van der Waals surface area contributed by atoms with Crippen molar-refractivity contribution in [3.8, 4) is 22.7 Å². The highest BCUT2D eigenvalue weighted by Gasteiger charge is 2.32. The first-order chi connectivity index (χ1) is 17.4. The summed E-state index contributed by atoms with van der Waals surface area (Å²) in [5.41, 5.74) is 5.42. The lowest BCUT2D eigenvalue weighted by molar-refractivity contribution is -0.122. The van der Waals surface area contributed by atoms with Gasteiger partial charge in [0.25, 0.3) is 5.91 Å². The Morgan fingerprint density at radius 1 is 1.08 bits per heavy atom. The molecule has 4 aromatic rings. The highest BCUT2D eigenvalue weighted by Crippen LogP contribution is 2.37. The number of carbonyl (C=O) groups is 1. The van der Waals surface area contributed by atoms with Crippen molar-refractivity contribution in [3.05, 3.63) is 106 Å². The monoisotopic (exact) mass is 531 g/mol. The molecular weight excluding hydrogens is 510 g/mol. The molecule has 2 heterocycles. The molecule has 0 bridgehead atoms. The highest BCUT2D eigenvalue weighted by molar-refractivity contribution is 8.26. The highest BCUT2D eigenvalue weighted by atomic mass is 35.5. The predicted molar refractivity (Wildman–Crippen MR) is 150 cm³/mol. The van der Waals surface area contributed by atoms with E-state index in [1.54, 1.807) is 16.7 Å². The van der Waals surface area contributed by atoms with E-state index in [0.29, 0.717) is 32.2 Å². The topological polar surface area (TPSA) is 47.4 Å². The third kappa shape index (κ3) is 4.95. The van der Waals surface area contributed by atoms with Gasteiger partial charge in [-0.05, 0) is 48.9 Å². The maximum Gasteiger partial charge on any atom is 0.266 e. The number of benzene rings is 3. The van der Waals surface area contributed by atoms with Crippen LogP contribution in [0, 0.1) is 6.92 Å². The van der Waals surface area contributed by atoms with Crippen LogP contribution >= 0.6 is 35.6 Å². The van der Waals surface area contributed by atoms with Gasteiger partial charge in [-0.2, -0.15) is 5.10 Å². The Kier molecular flexibility index (Phi) is 6.96. The van der Waals surface area contributed by atoms with Gasteiger partial charge in [-0.3, -0.25) is 9.69 Å². The van der Waals surface area contributed by atoms with Crippen LogP contribution in [0.4, 0.5) is 0 Å². The number of para-hydroxylation sites is 1.